The number of halogens is 1. The summed E-state index contributed by atoms with van der Waals surface area (Å²) < 4.78 is 14.3. The van der Waals surface area contributed by atoms with Crippen molar-refractivity contribution in [3.8, 4) is 0 Å². The molecule has 0 atom stereocenters. The monoisotopic (exact) mass is 239 g/mol. The van der Waals surface area contributed by atoms with E-state index in [2.05, 4.69) is 5.32 Å². The predicted molar refractivity (Wildman–Crippen MR) is 71.0 cm³/mol. The third-order valence-electron chi connectivity index (χ3n) is 2.72. The second-order valence-electron chi connectivity index (χ2n) is 4.92. The molecule has 2 nitrogen and oxygen atoms in total. The van der Waals surface area contributed by atoms with Crippen molar-refractivity contribution in [2.45, 2.75) is 46.5 Å². The van der Waals surface area contributed by atoms with Crippen LogP contribution >= 0.6 is 0 Å². The molecule has 0 spiro atoms. The number of carbonyl (C=O) groups excluding carboxylic acids is 1. The van der Waals surface area contributed by atoms with Gasteiger partial charge < -0.3 is 5.32 Å². The van der Waals surface area contributed by atoms with Gasteiger partial charge in [0.15, 0.2) is 0 Å². The van der Waals surface area contributed by atoms with Crippen LogP contribution in [-0.4, -0.2) is 5.91 Å². The van der Waals surface area contributed by atoms with Gasteiger partial charge in [-0.3, -0.25) is 4.79 Å². The summed E-state index contributed by atoms with van der Waals surface area (Å²) in [4.78, 5) is 11.0. The van der Waals surface area contributed by atoms with E-state index in [-0.39, 0.29) is 30.7 Å². The molecule has 0 unspecified atom stereocenters. The minimum Gasteiger partial charge on any atom is -0.324 e. The summed E-state index contributed by atoms with van der Waals surface area (Å²) in [6.45, 7) is 9.38. The number of carbonyl (C=O) groups is 1. The van der Waals surface area contributed by atoms with Crippen LogP contribution < -0.4 is 5.32 Å². The molecule has 3 heteroatoms. The van der Waals surface area contributed by atoms with Crippen LogP contribution in [0.4, 0.5) is 10.1 Å². The van der Waals surface area contributed by atoms with Crippen LogP contribution in [0.5, 0.6) is 0 Å². The van der Waals surface area contributed by atoms with Crippen molar-refractivity contribution in [2.24, 2.45) is 0 Å². The van der Waals surface area contributed by atoms with E-state index in [4.69, 9.17) is 0 Å². The lowest BCUT2D eigenvalue weighted by molar-refractivity contribution is -0.114. The summed E-state index contributed by atoms with van der Waals surface area (Å²) in [5.41, 5.74) is 1.98. The number of rotatable bonds is 3. The van der Waals surface area contributed by atoms with Gasteiger partial charge in [0.1, 0.15) is 5.82 Å². The Morgan fingerprint density at radius 3 is 2.24 bits per heavy atom. The maximum absolute atomic E-state index is 14.3. The molecule has 0 bridgehead atoms. The highest BCUT2D eigenvalue weighted by Gasteiger charge is 2.18. The number of anilines is 1. The molecular weight excluding hydrogens is 217 g/mol. The third kappa shape index (κ3) is 3.05. The minimum absolute atomic E-state index is 0. The highest BCUT2D eigenvalue weighted by atomic mass is 19.1. The maximum Gasteiger partial charge on any atom is 0.221 e. The van der Waals surface area contributed by atoms with Gasteiger partial charge in [-0.2, -0.15) is 0 Å². The molecule has 96 valence electrons. The Balaban J connectivity index is 0.00000289. The Hall–Kier alpha value is -1.38. The van der Waals surface area contributed by atoms with Crippen LogP contribution in [0, 0.1) is 5.82 Å². The number of hydrogen-bond donors (Lipinski definition) is 1. The summed E-state index contributed by atoms with van der Waals surface area (Å²) in [7, 11) is 0. The molecule has 0 fully saturated rings. The fourth-order valence-corrected chi connectivity index (χ4v) is 1.98. The van der Waals surface area contributed by atoms with E-state index in [1.54, 1.807) is 6.07 Å². The molecule has 0 aliphatic rings. The average molecular weight is 239 g/mol. The van der Waals surface area contributed by atoms with Gasteiger partial charge in [-0.1, -0.05) is 33.8 Å². The Bertz CT molecular complexity index is 430. The quantitative estimate of drug-likeness (QED) is 0.838. The molecule has 1 aromatic rings. The smallest absolute Gasteiger partial charge is 0.221 e. The van der Waals surface area contributed by atoms with Crippen LogP contribution in [0.2, 0.25) is 0 Å². The van der Waals surface area contributed by atoms with E-state index in [9.17, 15) is 9.18 Å². The second-order valence-corrected chi connectivity index (χ2v) is 4.92. The van der Waals surface area contributed by atoms with Gasteiger partial charge in [-0.25, -0.2) is 4.39 Å². The highest BCUT2D eigenvalue weighted by molar-refractivity contribution is 5.89. The standard InChI is InChI=1S/C14H20FNO.H2/c1-8(2)11-6-7-12(16-10(5)17)14(15)13(11)9(3)4;/h6-9H,1-5H3,(H,16,17);1H. The predicted octanol–water partition coefficient (Wildman–Crippen LogP) is 4.28. The summed E-state index contributed by atoms with van der Waals surface area (Å²) in [5.74, 6) is -0.188. The maximum atomic E-state index is 14.3. The largest absolute Gasteiger partial charge is 0.324 e. The molecular formula is C14H22FNO. The summed E-state index contributed by atoms with van der Waals surface area (Å²) in [6.07, 6.45) is 0. The van der Waals surface area contributed by atoms with Gasteiger partial charge in [0.05, 0.1) is 5.69 Å². The zero-order valence-corrected chi connectivity index (χ0v) is 11.1. The SMILES string of the molecule is CC(=O)Nc1ccc(C(C)C)c(C(C)C)c1F.[HH]. The van der Waals surface area contributed by atoms with Gasteiger partial charge in [0.25, 0.3) is 0 Å². The molecule has 1 aromatic carbocycles. The number of nitrogens with one attached hydrogen (secondary N) is 1. The van der Waals surface area contributed by atoms with E-state index in [1.165, 1.54) is 6.92 Å². The van der Waals surface area contributed by atoms with Crippen molar-refractivity contribution >= 4 is 11.6 Å². The first-order valence-corrected chi connectivity index (χ1v) is 5.94. The summed E-state index contributed by atoms with van der Waals surface area (Å²) in [6, 6.07) is 3.53. The van der Waals surface area contributed by atoms with E-state index in [1.807, 2.05) is 33.8 Å². The van der Waals surface area contributed by atoms with Gasteiger partial charge in [0.2, 0.25) is 5.91 Å². The van der Waals surface area contributed by atoms with Gasteiger partial charge in [-0.05, 0) is 29.0 Å². The number of benzene rings is 1. The van der Waals surface area contributed by atoms with Crippen LogP contribution in [0.15, 0.2) is 12.1 Å². The molecule has 0 radical (unpaired) electrons. The number of amides is 1. The first kappa shape index (κ1) is 13.7. The van der Waals surface area contributed by atoms with Crippen LogP contribution in [0.1, 0.15) is 59.0 Å². The Morgan fingerprint density at radius 1 is 1.24 bits per heavy atom. The highest BCUT2D eigenvalue weighted by Crippen LogP contribution is 2.32. The second kappa shape index (κ2) is 5.30. The topological polar surface area (TPSA) is 29.1 Å². The minimum atomic E-state index is -0.304. The van der Waals surface area contributed by atoms with Gasteiger partial charge in [0, 0.05) is 8.35 Å². The fourth-order valence-electron chi connectivity index (χ4n) is 1.98. The van der Waals surface area contributed by atoms with Crippen LogP contribution in [-0.2, 0) is 4.79 Å². The lowest BCUT2D eigenvalue weighted by Crippen LogP contribution is -2.11. The van der Waals surface area contributed by atoms with Crippen LogP contribution in [0.25, 0.3) is 0 Å². The lowest BCUT2D eigenvalue weighted by atomic mass is 9.89. The lowest BCUT2D eigenvalue weighted by Gasteiger charge is -2.19. The Morgan fingerprint density at radius 2 is 1.82 bits per heavy atom. The molecule has 0 saturated heterocycles. The first-order chi connectivity index (χ1) is 7.84. The molecule has 0 aromatic heterocycles. The average Bonchev–Trinajstić information content (AvgIpc) is 2.19. The molecule has 1 amide bonds. The van der Waals surface area contributed by atoms with Crippen molar-refractivity contribution in [1.29, 1.82) is 0 Å². The summed E-state index contributed by atoms with van der Waals surface area (Å²) >= 11 is 0. The normalized spacial score (nSPS) is 11.1. The molecule has 1 rings (SSSR count). The number of hydrogen-bond acceptors (Lipinski definition) is 1. The van der Waals surface area contributed by atoms with E-state index < -0.39 is 0 Å². The van der Waals surface area contributed by atoms with Gasteiger partial charge >= 0.3 is 0 Å². The fraction of sp³-hybridized carbons (Fsp3) is 0.500. The first-order valence-electron chi connectivity index (χ1n) is 5.94. The molecule has 0 saturated carbocycles. The Kier molecular flexibility index (Phi) is 4.27. The van der Waals surface area contributed by atoms with E-state index >= 15 is 0 Å². The van der Waals surface area contributed by atoms with E-state index in [0.717, 1.165) is 5.56 Å². The van der Waals surface area contributed by atoms with Gasteiger partial charge in [-0.15, -0.1) is 0 Å². The zero-order chi connectivity index (χ0) is 13.2. The van der Waals surface area contributed by atoms with E-state index in [0.29, 0.717) is 5.56 Å². The van der Waals surface area contributed by atoms with Crippen molar-refractivity contribution in [3.05, 3.63) is 29.1 Å². The molecule has 0 heterocycles. The molecule has 0 aliphatic heterocycles. The molecule has 17 heavy (non-hydrogen) atoms. The van der Waals surface area contributed by atoms with Crippen molar-refractivity contribution in [1.82, 2.24) is 0 Å². The zero-order valence-electron chi connectivity index (χ0n) is 11.1. The third-order valence-corrected chi connectivity index (χ3v) is 2.72. The van der Waals surface area contributed by atoms with Crippen molar-refractivity contribution in [3.63, 3.8) is 0 Å². The molecule has 0 aliphatic carbocycles. The van der Waals surface area contributed by atoms with Crippen molar-refractivity contribution < 1.29 is 10.6 Å². The van der Waals surface area contributed by atoms with Crippen LogP contribution in [0.3, 0.4) is 0 Å². The van der Waals surface area contributed by atoms with Crippen molar-refractivity contribution in [2.75, 3.05) is 5.32 Å². The molecule has 1 N–H and O–H groups in total. The Labute approximate surface area is 104 Å². The summed E-state index contributed by atoms with van der Waals surface area (Å²) in [5, 5.41) is 2.52.